The summed E-state index contributed by atoms with van der Waals surface area (Å²) in [5.74, 6) is 5.31. The second-order valence-electron chi connectivity index (χ2n) is 4.77. The molecule has 0 saturated carbocycles. The molecule has 0 aromatic carbocycles. The van der Waals surface area contributed by atoms with Gasteiger partial charge in [0.25, 0.3) is 0 Å². The van der Waals surface area contributed by atoms with Gasteiger partial charge >= 0.3 is 8.25 Å². The Kier molecular flexibility index (Phi) is 37.2. The van der Waals surface area contributed by atoms with Crippen LogP contribution in [0.4, 0.5) is 0 Å². The normalized spacial score (nSPS) is 9.36. The molecule has 3 nitrogen and oxygen atoms in total. The molecule has 0 aliphatic rings. The maximum atomic E-state index is 8.70. The van der Waals surface area contributed by atoms with E-state index in [2.05, 4.69) is 51.2 Å². The quantitative estimate of drug-likeness (QED) is 0.312. The average molecular weight is 374 g/mol. The van der Waals surface area contributed by atoms with Crippen molar-refractivity contribution in [1.29, 1.82) is 0 Å². The highest BCUT2D eigenvalue weighted by atomic mass is 32.2. The van der Waals surface area contributed by atoms with Crippen molar-refractivity contribution in [3.05, 3.63) is 0 Å². The van der Waals surface area contributed by atoms with Crippen LogP contribution in [0.2, 0.25) is 0 Å². The summed E-state index contributed by atoms with van der Waals surface area (Å²) in [6, 6.07) is 0. The van der Waals surface area contributed by atoms with Gasteiger partial charge in [-0.3, -0.25) is 0 Å². The molecule has 0 bridgehead atoms. The van der Waals surface area contributed by atoms with Gasteiger partial charge < -0.3 is 0 Å². The highest BCUT2D eigenvalue weighted by Crippen LogP contribution is 2.06. The fourth-order valence-electron chi connectivity index (χ4n) is 1.55. The predicted molar refractivity (Wildman–Crippen MR) is 106 cm³/mol. The minimum atomic E-state index is -2.87. The van der Waals surface area contributed by atoms with Gasteiger partial charge in [-0.15, -0.1) is 9.79 Å². The van der Waals surface area contributed by atoms with Crippen molar-refractivity contribution in [2.75, 3.05) is 23.0 Å². The van der Waals surface area contributed by atoms with Crippen LogP contribution in [0.25, 0.3) is 0 Å². The van der Waals surface area contributed by atoms with E-state index in [1.165, 1.54) is 74.4 Å². The van der Waals surface area contributed by atoms with E-state index in [9.17, 15) is 0 Å². The van der Waals surface area contributed by atoms with Crippen LogP contribution >= 0.6 is 31.8 Å². The number of hydrogen-bond acceptors (Lipinski definition) is 3. The molecule has 0 aromatic heterocycles. The van der Waals surface area contributed by atoms with Gasteiger partial charge in [0.15, 0.2) is 0 Å². The molecule has 0 spiro atoms. The topological polar surface area (TPSA) is 57.5 Å². The second kappa shape index (κ2) is 29.7. The maximum absolute atomic E-state index is 8.70. The van der Waals surface area contributed by atoms with Crippen molar-refractivity contribution >= 4 is 31.8 Å². The highest BCUT2D eigenvalue weighted by Gasteiger charge is 1.93. The third-order valence-electron chi connectivity index (χ3n) is 2.69. The first kappa shape index (κ1) is 27.6. The van der Waals surface area contributed by atoms with Crippen LogP contribution in [0, 0.1) is 0 Å². The summed E-state index contributed by atoms with van der Waals surface area (Å²) in [6.07, 6.45) is 11.3. The van der Waals surface area contributed by atoms with E-state index in [0.717, 1.165) is 0 Å². The Hall–Kier alpha value is 0.720. The Bertz CT molecular complexity index is 166. The van der Waals surface area contributed by atoms with E-state index in [1.807, 2.05) is 0 Å². The fourth-order valence-corrected chi connectivity index (χ4v) is 2.94. The zero-order chi connectivity index (χ0) is 17.5. The fraction of sp³-hybridized carbons (Fsp3) is 1.00. The van der Waals surface area contributed by atoms with E-state index < -0.39 is 8.25 Å². The molecule has 0 saturated heterocycles. The Balaban J connectivity index is -0.000000266. The molecule has 0 fully saturated rings. The third kappa shape index (κ3) is 49.8. The molecule has 0 heterocycles. The third-order valence-corrected chi connectivity index (χ3v) is 4.66. The first-order valence-electron chi connectivity index (χ1n) is 8.57. The number of hydrogen-bond donors (Lipinski definition) is 2. The van der Waals surface area contributed by atoms with Crippen LogP contribution < -0.4 is 0 Å². The van der Waals surface area contributed by atoms with Gasteiger partial charge in [0.2, 0.25) is 0 Å². The summed E-state index contributed by atoms with van der Waals surface area (Å²) >= 11 is 4.12. The van der Waals surface area contributed by atoms with E-state index in [1.54, 1.807) is 0 Å². The van der Waals surface area contributed by atoms with E-state index in [-0.39, 0.29) is 0 Å². The molecule has 2 N–H and O–H groups in total. The predicted octanol–water partition coefficient (Wildman–Crippen LogP) is 6.27. The molecule has 0 aromatic rings. The van der Waals surface area contributed by atoms with Gasteiger partial charge in [0.05, 0.1) is 0 Å². The maximum Gasteiger partial charge on any atom is 0.692 e. The van der Waals surface area contributed by atoms with Gasteiger partial charge in [-0.05, 0) is 35.9 Å². The summed E-state index contributed by atoms with van der Waals surface area (Å²) in [5.41, 5.74) is 0. The first-order chi connectivity index (χ1) is 10.6. The lowest BCUT2D eigenvalue weighted by Crippen LogP contribution is -1.80. The molecule has 0 atom stereocenters. The minimum absolute atomic E-state index is 1.28. The zero-order valence-electron chi connectivity index (χ0n) is 15.1. The van der Waals surface area contributed by atoms with Crippen LogP contribution in [0.1, 0.15) is 79.1 Å². The van der Waals surface area contributed by atoms with Gasteiger partial charge in [-0.25, -0.2) is 0 Å². The second-order valence-corrected chi connectivity index (χ2v) is 8.06. The van der Waals surface area contributed by atoms with Crippen LogP contribution in [0.15, 0.2) is 0 Å². The number of thioether (sulfide) groups is 2. The Morgan fingerprint density at radius 1 is 0.682 bits per heavy atom. The van der Waals surface area contributed by atoms with E-state index >= 15 is 0 Å². The molecular weight excluding hydrogens is 335 g/mol. The van der Waals surface area contributed by atoms with Crippen molar-refractivity contribution in [2.45, 2.75) is 79.1 Å². The molecule has 136 valence electrons. The van der Waals surface area contributed by atoms with Gasteiger partial charge in [-0.1, -0.05) is 66.2 Å². The molecule has 6 heteroatoms. The monoisotopic (exact) mass is 373 g/mol. The molecular formula is C16H38O3PS2+. The lowest BCUT2D eigenvalue weighted by Gasteiger charge is -1.96. The van der Waals surface area contributed by atoms with Crippen molar-refractivity contribution < 1.29 is 14.4 Å². The summed E-state index contributed by atoms with van der Waals surface area (Å²) in [4.78, 5) is 14.2. The molecule has 0 unspecified atom stereocenters. The average Bonchev–Trinajstić information content (AvgIpc) is 2.47. The molecule has 0 rings (SSSR count). The van der Waals surface area contributed by atoms with Crippen LogP contribution in [-0.4, -0.2) is 32.8 Å². The van der Waals surface area contributed by atoms with Gasteiger partial charge in [-0.2, -0.15) is 23.5 Å². The smallest absolute Gasteiger partial charge is 0.162 e. The lowest BCUT2D eigenvalue weighted by atomic mass is 10.2. The zero-order valence-corrected chi connectivity index (χ0v) is 17.6. The molecule has 22 heavy (non-hydrogen) atoms. The Morgan fingerprint density at radius 2 is 1.00 bits per heavy atom. The largest absolute Gasteiger partial charge is 0.692 e. The SMILES string of the molecule is CCCCCCSCC.CCCCCCSCC.O=[P+](O)O. The Labute approximate surface area is 148 Å². The standard InChI is InChI=1S/2C8H18S.HO3P/c2*1-3-5-6-7-8-9-4-2;1-4(2)3/h2*3-8H2,1-2H3;(H-,1,2,3)/p+1. The Morgan fingerprint density at radius 3 is 1.23 bits per heavy atom. The van der Waals surface area contributed by atoms with Gasteiger partial charge in [0.1, 0.15) is 0 Å². The van der Waals surface area contributed by atoms with Crippen molar-refractivity contribution in [2.24, 2.45) is 0 Å². The lowest BCUT2D eigenvalue weighted by molar-refractivity contribution is 0.405. The van der Waals surface area contributed by atoms with Crippen LogP contribution in [0.3, 0.4) is 0 Å². The minimum Gasteiger partial charge on any atom is -0.162 e. The molecule has 0 aliphatic carbocycles. The number of rotatable bonds is 12. The van der Waals surface area contributed by atoms with Crippen molar-refractivity contribution in [3.8, 4) is 0 Å². The molecule has 0 aliphatic heterocycles. The number of unbranched alkanes of at least 4 members (excludes halogenated alkanes) is 6. The summed E-state index contributed by atoms with van der Waals surface area (Å²) < 4.78 is 8.70. The summed E-state index contributed by atoms with van der Waals surface area (Å²) in [7, 11) is -2.87. The van der Waals surface area contributed by atoms with Crippen LogP contribution in [0.5, 0.6) is 0 Å². The molecule has 0 amide bonds. The van der Waals surface area contributed by atoms with Crippen molar-refractivity contribution in [3.63, 3.8) is 0 Å². The first-order valence-corrected chi connectivity index (χ1v) is 12.0. The summed E-state index contributed by atoms with van der Waals surface area (Å²) in [6.45, 7) is 8.97. The van der Waals surface area contributed by atoms with Gasteiger partial charge in [0, 0.05) is 4.57 Å². The van der Waals surface area contributed by atoms with Crippen molar-refractivity contribution in [1.82, 2.24) is 0 Å². The molecule has 0 radical (unpaired) electrons. The van der Waals surface area contributed by atoms with Crippen LogP contribution in [-0.2, 0) is 4.57 Å². The highest BCUT2D eigenvalue weighted by molar-refractivity contribution is 7.99. The van der Waals surface area contributed by atoms with E-state index in [0.29, 0.717) is 0 Å². The van der Waals surface area contributed by atoms with E-state index in [4.69, 9.17) is 14.4 Å². The summed E-state index contributed by atoms with van der Waals surface area (Å²) in [5, 5.41) is 0.